The topological polar surface area (TPSA) is 106 Å². The number of anilines is 1. The van der Waals surface area contributed by atoms with Crippen LogP contribution in [0.3, 0.4) is 0 Å². The maximum Gasteiger partial charge on any atom is 0.268 e. The lowest BCUT2D eigenvalue weighted by Crippen LogP contribution is -2.16. The summed E-state index contributed by atoms with van der Waals surface area (Å²) in [7, 11) is 0. The fourth-order valence-corrected chi connectivity index (χ4v) is 2.81. The van der Waals surface area contributed by atoms with Gasteiger partial charge in [0.2, 0.25) is 0 Å². The summed E-state index contributed by atoms with van der Waals surface area (Å²) >= 11 is 0. The van der Waals surface area contributed by atoms with Gasteiger partial charge in [0.25, 0.3) is 5.56 Å². The van der Waals surface area contributed by atoms with Crippen LogP contribution in [0.5, 0.6) is 0 Å². The second-order valence-electron chi connectivity index (χ2n) is 5.20. The molecule has 0 atom stereocenters. The van der Waals surface area contributed by atoms with Gasteiger partial charge in [-0.2, -0.15) is 10.5 Å². The minimum absolute atomic E-state index is 0.0289. The number of H-pyrrole nitrogens is 1. The van der Waals surface area contributed by atoms with Crippen molar-refractivity contribution in [2.24, 2.45) is 0 Å². The number of rotatable bonds is 1. The molecule has 1 aromatic heterocycles. The molecule has 3 N–H and O–H groups in total. The van der Waals surface area contributed by atoms with Crippen molar-refractivity contribution in [3.05, 3.63) is 63.4 Å². The first kappa shape index (κ1) is 14.4. The number of aromatic nitrogens is 1. The normalized spacial score (nSPS) is 10.2. The van der Waals surface area contributed by atoms with Crippen LogP contribution in [0, 0.1) is 29.6 Å². The third kappa shape index (κ3) is 2.12. The number of pyridine rings is 1. The molecule has 0 aliphatic rings. The first-order chi connectivity index (χ1) is 11.1. The molecule has 0 aliphatic carbocycles. The lowest BCUT2D eigenvalue weighted by atomic mass is 9.89. The predicted octanol–water partition coefficient (Wildman–Crippen LogP) is 2.83. The van der Waals surface area contributed by atoms with E-state index in [1.165, 1.54) is 0 Å². The number of nitrogens with one attached hydrogen (secondary N) is 1. The number of aryl methyl sites for hydroxylation is 1. The molecule has 5 nitrogen and oxygen atoms in total. The number of nitrogens with zero attached hydrogens (tertiary/aromatic N) is 2. The van der Waals surface area contributed by atoms with Gasteiger partial charge in [0, 0.05) is 5.56 Å². The van der Waals surface area contributed by atoms with Crippen LogP contribution < -0.4 is 11.3 Å². The SMILES string of the molecule is Cc1ccc2ccccc2c1-c1c(C#N)c(N)[nH]c(=O)c1C#N. The second-order valence-corrected chi connectivity index (χ2v) is 5.20. The zero-order chi connectivity index (χ0) is 16.6. The second kappa shape index (κ2) is 5.32. The van der Waals surface area contributed by atoms with Gasteiger partial charge in [-0.1, -0.05) is 36.4 Å². The minimum atomic E-state index is -0.591. The molecule has 0 fully saturated rings. The van der Waals surface area contributed by atoms with E-state index in [1.807, 2.05) is 55.5 Å². The molecule has 0 saturated carbocycles. The van der Waals surface area contributed by atoms with Crippen molar-refractivity contribution in [1.82, 2.24) is 4.98 Å². The lowest BCUT2D eigenvalue weighted by molar-refractivity contribution is 1.21. The van der Waals surface area contributed by atoms with Gasteiger partial charge in [-0.15, -0.1) is 0 Å². The van der Waals surface area contributed by atoms with E-state index < -0.39 is 5.56 Å². The number of hydrogen-bond acceptors (Lipinski definition) is 4. The molecular formula is C18H12N4O. The van der Waals surface area contributed by atoms with Gasteiger partial charge >= 0.3 is 0 Å². The molecule has 110 valence electrons. The molecule has 0 bridgehead atoms. The summed E-state index contributed by atoms with van der Waals surface area (Å²) < 4.78 is 0. The van der Waals surface area contributed by atoms with Crippen molar-refractivity contribution in [2.45, 2.75) is 6.92 Å². The maximum atomic E-state index is 12.1. The summed E-state index contributed by atoms with van der Waals surface area (Å²) in [6.07, 6.45) is 0. The van der Waals surface area contributed by atoms with E-state index in [4.69, 9.17) is 5.73 Å². The summed E-state index contributed by atoms with van der Waals surface area (Å²) in [5, 5.41) is 20.7. The van der Waals surface area contributed by atoms with Crippen molar-refractivity contribution in [3.8, 4) is 23.3 Å². The van der Waals surface area contributed by atoms with Gasteiger partial charge in [0.05, 0.1) is 0 Å². The largest absolute Gasteiger partial charge is 0.384 e. The van der Waals surface area contributed by atoms with E-state index in [2.05, 4.69) is 4.98 Å². The maximum absolute atomic E-state index is 12.1. The van der Waals surface area contributed by atoms with Gasteiger partial charge < -0.3 is 10.7 Å². The Bertz CT molecular complexity index is 1080. The molecule has 1 heterocycles. The molecule has 3 rings (SSSR count). The minimum Gasteiger partial charge on any atom is -0.384 e. The molecular weight excluding hydrogens is 288 g/mol. The molecule has 0 aliphatic heterocycles. The molecule has 0 unspecified atom stereocenters. The average Bonchev–Trinajstić information content (AvgIpc) is 2.54. The zero-order valence-electron chi connectivity index (χ0n) is 12.3. The van der Waals surface area contributed by atoms with Crippen LogP contribution in [-0.2, 0) is 0 Å². The number of hydrogen-bond donors (Lipinski definition) is 2. The Balaban J connectivity index is 2.60. The monoisotopic (exact) mass is 300 g/mol. The van der Waals surface area contributed by atoms with E-state index in [-0.39, 0.29) is 16.9 Å². The van der Waals surface area contributed by atoms with Crippen molar-refractivity contribution < 1.29 is 0 Å². The van der Waals surface area contributed by atoms with Crippen molar-refractivity contribution in [3.63, 3.8) is 0 Å². The van der Waals surface area contributed by atoms with E-state index in [9.17, 15) is 15.3 Å². The first-order valence-electron chi connectivity index (χ1n) is 6.93. The third-order valence-electron chi connectivity index (χ3n) is 3.86. The highest BCUT2D eigenvalue weighted by Crippen LogP contribution is 2.36. The number of nitrogen functional groups attached to an aromatic ring is 1. The number of nitriles is 2. The highest BCUT2D eigenvalue weighted by atomic mass is 16.1. The Morgan fingerprint density at radius 3 is 2.39 bits per heavy atom. The van der Waals surface area contributed by atoms with Crippen molar-refractivity contribution in [2.75, 3.05) is 5.73 Å². The van der Waals surface area contributed by atoms with Crippen LogP contribution >= 0.6 is 0 Å². The number of aromatic amines is 1. The van der Waals surface area contributed by atoms with E-state index in [0.29, 0.717) is 11.1 Å². The number of fused-ring (bicyclic) bond motifs is 1. The molecule has 0 amide bonds. The van der Waals surface area contributed by atoms with Gasteiger partial charge in [-0.05, 0) is 28.8 Å². The quantitative estimate of drug-likeness (QED) is 0.720. The standard InChI is InChI=1S/C18H12N4O/c1-10-6-7-11-4-2-3-5-12(11)15(10)16-13(8-19)17(21)22-18(23)14(16)9-20/h2-7H,1H3,(H3,21,22,23). The van der Waals surface area contributed by atoms with Gasteiger partial charge in [-0.3, -0.25) is 4.79 Å². The summed E-state index contributed by atoms with van der Waals surface area (Å²) in [4.78, 5) is 14.5. The Hall–Kier alpha value is -3.57. The third-order valence-corrected chi connectivity index (χ3v) is 3.86. The number of nitrogens with two attached hydrogens (primary N) is 1. The zero-order valence-corrected chi connectivity index (χ0v) is 12.3. The molecule has 2 aromatic carbocycles. The Kier molecular flexibility index (Phi) is 3.33. The Morgan fingerprint density at radius 1 is 1.00 bits per heavy atom. The fraction of sp³-hybridized carbons (Fsp3) is 0.0556. The van der Waals surface area contributed by atoms with Crippen LogP contribution in [0.15, 0.2) is 41.2 Å². The molecule has 0 radical (unpaired) electrons. The van der Waals surface area contributed by atoms with Crippen LogP contribution in [0.1, 0.15) is 16.7 Å². The lowest BCUT2D eigenvalue weighted by Gasteiger charge is -2.14. The summed E-state index contributed by atoms with van der Waals surface area (Å²) in [6, 6.07) is 15.4. The average molecular weight is 300 g/mol. The van der Waals surface area contributed by atoms with Gasteiger partial charge in [-0.25, -0.2) is 0 Å². The highest BCUT2D eigenvalue weighted by molar-refractivity contribution is 6.01. The van der Waals surface area contributed by atoms with E-state index in [0.717, 1.165) is 16.3 Å². The molecule has 3 aromatic rings. The summed E-state index contributed by atoms with van der Waals surface area (Å²) in [5.74, 6) is -0.0289. The smallest absolute Gasteiger partial charge is 0.268 e. The van der Waals surface area contributed by atoms with Crippen molar-refractivity contribution >= 4 is 16.6 Å². The Labute approximate surface area is 132 Å². The molecule has 23 heavy (non-hydrogen) atoms. The van der Waals surface area contributed by atoms with E-state index >= 15 is 0 Å². The van der Waals surface area contributed by atoms with Gasteiger partial charge in [0.15, 0.2) is 0 Å². The fourth-order valence-electron chi connectivity index (χ4n) is 2.81. The number of benzene rings is 2. The molecule has 0 spiro atoms. The molecule has 0 saturated heterocycles. The van der Waals surface area contributed by atoms with E-state index in [1.54, 1.807) is 0 Å². The van der Waals surface area contributed by atoms with Crippen LogP contribution in [0.2, 0.25) is 0 Å². The Morgan fingerprint density at radius 2 is 1.70 bits per heavy atom. The summed E-state index contributed by atoms with van der Waals surface area (Å²) in [5.41, 5.74) is 7.07. The molecule has 5 heteroatoms. The van der Waals surface area contributed by atoms with Crippen LogP contribution in [0.25, 0.3) is 21.9 Å². The van der Waals surface area contributed by atoms with Crippen molar-refractivity contribution in [1.29, 1.82) is 10.5 Å². The van der Waals surface area contributed by atoms with Crippen LogP contribution in [0.4, 0.5) is 5.82 Å². The van der Waals surface area contributed by atoms with Gasteiger partial charge in [0.1, 0.15) is 29.1 Å². The summed E-state index contributed by atoms with van der Waals surface area (Å²) in [6.45, 7) is 1.88. The highest BCUT2D eigenvalue weighted by Gasteiger charge is 2.21. The predicted molar refractivity (Wildman–Crippen MR) is 88.6 cm³/mol. The van der Waals surface area contributed by atoms with Crippen LogP contribution in [-0.4, -0.2) is 4.98 Å². The first-order valence-corrected chi connectivity index (χ1v) is 6.93.